The molecule has 1 aliphatic rings. The first-order chi connectivity index (χ1) is 19.6. The Kier molecular flexibility index (Phi) is 12.7. The summed E-state index contributed by atoms with van der Waals surface area (Å²) in [7, 11) is 0. The molecular formula is C32H45F2N3O4. The van der Waals surface area contributed by atoms with Gasteiger partial charge < -0.3 is 25.4 Å². The Morgan fingerprint density at radius 1 is 1.02 bits per heavy atom. The Morgan fingerprint density at radius 3 is 2.32 bits per heavy atom. The lowest BCUT2D eigenvalue weighted by atomic mass is 9.90. The van der Waals surface area contributed by atoms with E-state index in [9.17, 15) is 23.5 Å². The van der Waals surface area contributed by atoms with E-state index in [1.165, 1.54) is 12.1 Å². The number of benzene rings is 2. The molecule has 3 N–H and O–H groups in total. The fraction of sp³-hybridized carbons (Fsp3) is 0.562. The van der Waals surface area contributed by atoms with E-state index in [0.29, 0.717) is 43.8 Å². The SMILES string of the molecule is CCCO[C@H]1CCNC([C@@H](O)C(Cc2cc(F)cc(F)c2)NC(=O)c2cc(C)cc(C(=O)N(CCC)CCC)c2)C1. The molecule has 1 fully saturated rings. The molecule has 226 valence electrons. The number of rotatable bonds is 14. The van der Waals surface area contributed by atoms with Crippen molar-refractivity contribution in [1.82, 2.24) is 15.5 Å². The predicted molar refractivity (Wildman–Crippen MR) is 156 cm³/mol. The van der Waals surface area contributed by atoms with E-state index in [2.05, 4.69) is 10.6 Å². The van der Waals surface area contributed by atoms with Gasteiger partial charge in [-0.2, -0.15) is 0 Å². The molecule has 1 saturated heterocycles. The summed E-state index contributed by atoms with van der Waals surface area (Å²) < 4.78 is 34.0. The van der Waals surface area contributed by atoms with Crippen molar-refractivity contribution in [3.8, 4) is 0 Å². The van der Waals surface area contributed by atoms with E-state index in [0.717, 1.165) is 37.3 Å². The van der Waals surface area contributed by atoms with Gasteiger partial charge in [0.15, 0.2) is 0 Å². The second-order valence-electron chi connectivity index (χ2n) is 11.0. The lowest BCUT2D eigenvalue weighted by Crippen LogP contribution is -2.57. The number of aryl methyl sites for hydroxylation is 1. The van der Waals surface area contributed by atoms with Gasteiger partial charge in [-0.1, -0.05) is 20.8 Å². The number of piperidine rings is 1. The number of carbonyl (C=O) groups is 2. The van der Waals surface area contributed by atoms with Crippen LogP contribution in [-0.2, 0) is 11.2 Å². The molecule has 0 aliphatic carbocycles. The molecule has 41 heavy (non-hydrogen) atoms. The Balaban J connectivity index is 1.87. The van der Waals surface area contributed by atoms with Crippen molar-refractivity contribution in [2.24, 2.45) is 0 Å². The third-order valence-corrected chi connectivity index (χ3v) is 7.33. The van der Waals surface area contributed by atoms with Crippen LogP contribution in [0.3, 0.4) is 0 Å². The number of aliphatic hydroxyl groups excluding tert-OH is 1. The van der Waals surface area contributed by atoms with Crippen LogP contribution in [0.15, 0.2) is 36.4 Å². The Hall–Kier alpha value is -2.88. The van der Waals surface area contributed by atoms with Crippen molar-refractivity contribution in [2.45, 2.75) is 90.5 Å². The molecule has 2 aromatic rings. The summed E-state index contributed by atoms with van der Waals surface area (Å²) >= 11 is 0. The smallest absolute Gasteiger partial charge is 0.253 e. The summed E-state index contributed by atoms with van der Waals surface area (Å²) in [5, 5.41) is 17.7. The second-order valence-corrected chi connectivity index (χ2v) is 11.0. The van der Waals surface area contributed by atoms with Gasteiger partial charge in [0.1, 0.15) is 11.6 Å². The maximum atomic E-state index is 14.0. The second kappa shape index (κ2) is 15.9. The fourth-order valence-electron chi connectivity index (χ4n) is 5.46. The number of carbonyl (C=O) groups excluding carboxylic acids is 2. The van der Waals surface area contributed by atoms with Crippen LogP contribution in [-0.4, -0.2) is 72.4 Å². The molecule has 0 aromatic heterocycles. The van der Waals surface area contributed by atoms with Gasteiger partial charge in [-0.25, -0.2) is 8.78 Å². The minimum absolute atomic E-state index is 0.0125. The number of amides is 2. The van der Waals surface area contributed by atoms with Gasteiger partial charge in [0, 0.05) is 42.9 Å². The van der Waals surface area contributed by atoms with Crippen LogP contribution < -0.4 is 10.6 Å². The van der Waals surface area contributed by atoms with Crippen LogP contribution in [0, 0.1) is 18.6 Å². The molecule has 0 bridgehead atoms. The van der Waals surface area contributed by atoms with Crippen molar-refractivity contribution in [3.63, 3.8) is 0 Å². The molecule has 3 rings (SSSR count). The van der Waals surface area contributed by atoms with Gasteiger partial charge in [0.2, 0.25) is 0 Å². The molecular weight excluding hydrogens is 528 g/mol. The van der Waals surface area contributed by atoms with Crippen LogP contribution in [0.1, 0.15) is 84.7 Å². The average Bonchev–Trinajstić information content (AvgIpc) is 2.94. The number of ether oxygens (including phenoxy) is 1. The van der Waals surface area contributed by atoms with Crippen LogP contribution in [0.5, 0.6) is 0 Å². The lowest BCUT2D eigenvalue weighted by molar-refractivity contribution is -0.00737. The van der Waals surface area contributed by atoms with Crippen LogP contribution in [0.2, 0.25) is 0 Å². The highest BCUT2D eigenvalue weighted by atomic mass is 19.1. The normalized spacial score (nSPS) is 18.5. The van der Waals surface area contributed by atoms with E-state index in [4.69, 9.17) is 4.74 Å². The first kappa shape index (κ1) is 32.6. The zero-order valence-corrected chi connectivity index (χ0v) is 24.7. The standard InChI is InChI=1S/C32H45F2N3O4/c1-5-10-37(11-6-2)32(40)24-14-21(4)13-23(18-24)31(39)36-29(17-22-15-25(33)19-26(34)16-22)30(38)28-20-27(8-9-35-28)41-12-7-3/h13-16,18-19,27-30,35,38H,5-12,17,20H2,1-4H3,(H,36,39)/t27-,28?,29?,30+/m0/s1. The summed E-state index contributed by atoms with van der Waals surface area (Å²) in [6.45, 7) is 10.4. The zero-order valence-electron chi connectivity index (χ0n) is 24.7. The largest absolute Gasteiger partial charge is 0.389 e. The lowest BCUT2D eigenvalue weighted by Gasteiger charge is -2.37. The number of hydrogen-bond donors (Lipinski definition) is 3. The van der Waals surface area contributed by atoms with Gasteiger partial charge >= 0.3 is 0 Å². The van der Waals surface area contributed by atoms with E-state index >= 15 is 0 Å². The average molecular weight is 574 g/mol. The molecule has 7 nitrogen and oxygen atoms in total. The number of hydrogen-bond acceptors (Lipinski definition) is 5. The first-order valence-electron chi connectivity index (χ1n) is 14.8. The van der Waals surface area contributed by atoms with Crippen LogP contribution in [0.4, 0.5) is 8.78 Å². The summed E-state index contributed by atoms with van der Waals surface area (Å²) in [5.41, 5.74) is 1.77. The molecule has 1 aliphatic heterocycles. The van der Waals surface area contributed by atoms with E-state index < -0.39 is 29.7 Å². The number of nitrogens with one attached hydrogen (secondary N) is 2. The molecule has 2 aromatic carbocycles. The van der Waals surface area contributed by atoms with E-state index in [1.54, 1.807) is 23.1 Å². The molecule has 0 spiro atoms. The Bertz CT molecular complexity index is 1140. The predicted octanol–water partition coefficient (Wildman–Crippen LogP) is 4.78. The van der Waals surface area contributed by atoms with Gasteiger partial charge in [-0.05, 0) is 93.5 Å². The molecule has 1 heterocycles. The molecule has 2 amide bonds. The Morgan fingerprint density at radius 2 is 1.68 bits per heavy atom. The minimum Gasteiger partial charge on any atom is -0.389 e. The van der Waals surface area contributed by atoms with Crippen molar-refractivity contribution < 1.29 is 28.2 Å². The highest BCUT2D eigenvalue weighted by Crippen LogP contribution is 2.21. The number of halogens is 2. The zero-order chi connectivity index (χ0) is 29.9. The molecule has 0 saturated carbocycles. The Labute approximate surface area is 242 Å². The van der Waals surface area contributed by atoms with E-state index in [1.807, 2.05) is 27.7 Å². The monoisotopic (exact) mass is 573 g/mol. The number of aliphatic hydroxyl groups is 1. The molecule has 0 radical (unpaired) electrons. The molecule has 2 unspecified atom stereocenters. The van der Waals surface area contributed by atoms with Gasteiger partial charge in [-0.15, -0.1) is 0 Å². The summed E-state index contributed by atoms with van der Waals surface area (Å²) in [6.07, 6.45) is 2.80. The van der Waals surface area contributed by atoms with Crippen LogP contribution >= 0.6 is 0 Å². The summed E-state index contributed by atoms with van der Waals surface area (Å²) in [4.78, 5) is 28.6. The van der Waals surface area contributed by atoms with Gasteiger partial charge in [0.25, 0.3) is 11.8 Å². The van der Waals surface area contributed by atoms with Crippen molar-refractivity contribution in [1.29, 1.82) is 0 Å². The molecule has 4 atom stereocenters. The van der Waals surface area contributed by atoms with Crippen LogP contribution in [0.25, 0.3) is 0 Å². The topological polar surface area (TPSA) is 90.9 Å². The van der Waals surface area contributed by atoms with Crippen molar-refractivity contribution in [3.05, 3.63) is 70.3 Å². The first-order valence-corrected chi connectivity index (χ1v) is 14.8. The fourth-order valence-corrected chi connectivity index (χ4v) is 5.46. The minimum atomic E-state index is -1.06. The van der Waals surface area contributed by atoms with Crippen molar-refractivity contribution in [2.75, 3.05) is 26.2 Å². The van der Waals surface area contributed by atoms with E-state index in [-0.39, 0.29) is 30.0 Å². The summed E-state index contributed by atoms with van der Waals surface area (Å²) in [5.74, 6) is -2.07. The third-order valence-electron chi connectivity index (χ3n) is 7.33. The summed E-state index contributed by atoms with van der Waals surface area (Å²) in [6, 6.07) is 6.98. The molecule has 9 heteroatoms. The number of nitrogens with zero attached hydrogens (tertiary/aromatic N) is 1. The maximum absolute atomic E-state index is 14.0. The third kappa shape index (κ3) is 9.58. The highest BCUT2D eigenvalue weighted by Gasteiger charge is 2.34. The quantitative estimate of drug-likeness (QED) is 0.303. The highest BCUT2D eigenvalue weighted by molar-refractivity contribution is 6.00. The van der Waals surface area contributed by atoms with Gasteiger partial charge in [0.05, 0.1) is 18.2 Å². The van der Waals surface area contributed by atoms with Crippen molar-refractivity contribution >= 4 is 11.8 Å². The van der Waals surface area contributed by atoms with Gasteiger partial charge in [-0.3, -0.25) is 9.59 Å². The maximum Gasteiger partial charge on any atom is 0.253 e.